The molecule has 0 N–H and O–H groups in total. The zero-order valence-electron chi connectivity index (χ0n) is 12.9. The lowest BCUT2D eigenvalue weighted by atomic mass is 10.0. The van der Waals surface area contributed by atoms with E-state index >= 15 is 0 Å². The molecule has 1 heterocycles. The van der Waals surface area contributed by atoms with Crippen LogP contribution in [0.15, 0.2) is 24.3 Å². The van der Waals surface area contributed by atoms with Gasteiger partial charge in [0.25, 0.3) is 0 Å². The van der Waals surface area contributed by atoms with E-state index in [-0.39, 0.29) is 17.9 Å². The minimum absolute atomic E-state index is 0.101. The van der Waals surface area contributed by atoms with Crippen molar-refractivity contribution in [2.75, 3.05) is 6.61 Å². The molecule has 0 aromatic heterocycles. The van der Waals surface area contributed by atoms with Crippen LogP contribution in [0.2, 0.25) is 0 Å². The van der Waals surface area contributed by atoms with Crippen LogP contribution in [0.4, 0.5) is 4.39 Å². The molecule has 2 fully saturated rings. The lowest BCUT2D eigenvalue weighted by Gasteiger charge is -2.35. The van der Waals surface area contributed by atoms with E-state index in [1.54, 1.807) is 30.3 Å². The molecule has 0 amide bonds. The number of piperidine rings is 1. The summed E-state index contributed by atoms with van der Waals surface area (Å²) < 4.78 is 45.6. The zero-order valence-corrected chi connectivity index (χ0v) is 13.7. The average Bonchev–Trinajstić information content (AvgIpc) is 3.07. The smallest absolute Gasteiger partial charge is 0.217 e. The summed E-state index contributed by atoms with van der Waals surface area (Å²) in [7, 11) is -3.27. The molecule has 3 rings (SSSR count). The van der Waals surface area contributed by atoms with E-state index in [1.807, 2.05) is 0 Å². The number of ether oxygens (including phenoxy) is 1. The van der Waals surface area contributed by atoms with Crippen LogP contribution >= 0.6 is 0 Å². The Balaban J connectivity index is 1.75. The van der Waals surface area contributed by atoms with Crippen molar-refractivity contribution in [3.8, 4) is 5.75 Å². The summed E-state index contributed by atoms with van der Waals surface area (Å²) in [5, 5.41) is -0.417. The van der Waals surface area contributed by atoms with Crippen LogP contribution in [0, 0.1) is 11.7 Å². The van der Waals surface area contributed by atoms with E-state index in [0.717, 1.165) is 19.3 Å². The second kappa shape index (κ2) is 5.81. The Bertz CT molecular complexity index is 629. The number of hydrogen-bond acceptors (Lipinski definition) is 3. The molecule has 1 aromatic rings. The Hall–Kier alpha value is -1.14. The third-order valence-corrected chi connectivity index (χ3v) is 7.15. The van der Waals surface area contributed by atoms with E-state index in [1.165, 1.54) is 12.1 Å². The minimum Gasteiger partial charge on any atom is -0.492 e. The van der Waals surface area contributed by atoms with Gasteiger partial charge in [-0.2, -0.15) is 4.31 Å². The Morgan fingerprint density at radius 1 is 1.27 bits per heavy atom. The van der Waals surface area contributed by atoms with Crippen LogP contribution in [-0.2, 0) is 10.0 Å². The zero-order chi connectivity index (χ0) is 15.9. The number of fused-ring (bicyclic) bond motifs is 2. The topological polar surface area (TPSA) is 46.6 Å². The summed E-state index contributed by atoms with van der Waals surface area (Å²) in [6, 6.07) is 5.86. The van der Waals surface area contributed by atoms with Gasteiger partial charge in [-0.25, -0.2) is 12.8 Å². The molecule has 1 saturated carbocycles. The molecule has 4 nitrogen and oxygen atoms in total. The van der Waals surface area contributed by atoms with Gasteiger partial charge in [-0.15, -0.1) is 0 Å². The summed E-state index contributed by atoms with van der Waals surface area (Å²) >= 11 is 0. The van der Waals surface area contributed by atoms with Gasteiger partial charge in [0.2, 0.25) is 10.0 Å². The SMILES string of the molecule is CC(C)S(=O)(=O)N1C2CCC(C2)[C@@H]1COc1ccc(F)cc1. The fourth-order valence-corrected chi connectivity index (χ4v) is 5.32. The van der Waals surface area contributed by atoms with Crippen molar-refractivity contribution in [3.63, 3.8) is 0 Å². The molecule has 1 saturated heterocycles. The van der Waals surface area contributed by atoms with Crippen molar-refractivity contribution in [2.24, 2.45) is 5.92 Å². The van der Waals surface area contributed by atoms with Gasteiger partial charge in [0, 0.05) is 6.04 Å². The standard InChI is InChI=1S/C16H22FNO3S/c1-11(2)22(19,20)18-14-6-3-12(9-14)16(18)10-21-15-7-4-13(17)5-8-15/h4-5,7-8,11-12,14,16H,3,6,9-10H2,1-2H3/t12?,14?,16-/m0/s1. The van der Waals surface area contributed by atoms with Crippen LogP contribution in [0.5, 0.6) is 5.75 Å². The van der Waals surface area contributed by atoms with Crippen LogP contribution in [0.25, 0.3) is 0 Å². The normalized spacial score (nSPS) is 28.5. The van der Waals surface area contributed by atoms with Crippen LogP contribution in [0.3, 0.4) is 0 Å². The van der Waals surface area contributed by atoms with Gasteiger partial charge in [0.1, 0.15) is 18.2 Å². The Kier molecular flexibility index (Phi) is 4.16. The van der Waals surface area contributed by atoms with Crippen molar-refractivity contribution in [3.05, 3.63) is 30.1 Å². The van der Waals surface area contributed by atoms with Gasteiger partial charge in [-0.3, -0.25) is 0 Å². The predicted octanol–water partition coefficient (Wildman–Crippen LogP) is 2.80. The third-order valence-electron chi connectivity index (χ3n) is 4.80. The predicted molar refractivity (Wildman–Crippen MR) is 82.7 cm³/mol. The minimum atomic E-state index is -3.27. The van der Waals surface area contributed by atoms with Gasteiger partial charge in [-0.05, 0) is 63.3 Å². The maximum absolute atomic E-state index is 12.9. The third kappa shape index (κ3) is 2.74. The number of benzene rings is 1. The van der Waals surface area contributed by atoms with Gasteiger partial charge in [0.15, 0.2) is 0 Å². The largest absolute Gasteiger partial charge is 0.492 e. The number of rotatable bonds is 5. The lowest BCUT2D eigenvalue weighted by Crippen LogP contribution is -2.50. The summed E-state index contributed by atoms with van der Waals surface area (Å²) in [4.78, 5) is 0. The fraction of sp³-hybridized carbons (Fsp3) is 0.625. The molecule has 0 radical (unpaired) electrons. The summed E-state index contributed by atoms with van der Waals surface area (Å²) in [5.41, 5.74) is 0. The highest BCUT2D eigenvalue weighted by Gasteiger charge is 2.51. The molecule has 0 spiro atoms. The van der Waals surface area contributed by atoms with Crippen molar-refractivity contribution < 1.29 is 17.5 Å². The molecule has 1 aromatic carbocycles. The number of hydrogen-bond donors (Lipinski definition) is 0. The Morgan fingerprint density at radius 2 is 1.95 bits per heavy atom. The van der Waals surface area contributed by atoms with Gasteiger partial charge in [0.05, 0.1) is 11.3 Å². The van der Waals surface area contributed by atoms with Crippen LogP contribution < -0.4 is 4.74 Å². The molecule has 1 aliphatic carbocycles. The molecule has 2 unspecified atom stereocenters. The van der Waals surface area contributed by atoms with Gasteiger partial charge >= 0.3 is 0 Å². The second-order valence-corrected chi connectivity index (χ2v) is 8.88. The summed E-state index contributed by atoms with van der Waals surface area (Å²) in [6.07, 6.45) is 2.94. The van der Waals surface area contributed by atoms with E-state index < -0.39 is 15.3 Å². The molecule has 6 heteroatoms. The van der Waals surface area contributed by atoms with E-state index in [0.29, 0.717) is 18.3 Å². The van der Waals surface area contributed by atoms with Crippen LogP contribution in [-0.4, -0.2) is 36.7 Å². The second-order valence-electron chi connectivity index (χ2n) is 6.48. The van der Waals surface area contributed by atoms with Crippen molar-refractivity contribution in [1.82, 2.24) is 4.31 Å². The molecular formula is C16H22FNO3S. The van der Waals surface area contributed by atoms with Gasteiger partial charge in [-0.1, -0.05) is 0 Å². The molecule has 3 atom stereocenters. The van der Waals surface area contributed by atoms with E-state index in [4.69, 9.17) is 4.74 Å². The Morgan fingerprint density at radius 3 is 2.59 bits per heavy atom. The van der Waals surface area contributed by atoms with Crippen molar-refractivity contribution in [1.29, 1.82) is 0 Å². The first-order valence-corrected chi connectivity index (χ1v) is 9.30. The van der Waals surface area contributed by atoms with E-state index in [9.17, 15) is 12.8 Å². The molecule has 122 valence electrons. The quantitative estimate of drug-likeness (QED) is 0.835. The maximum atomic E-state index is 12.9. The monoisotopic (exact) mass is 327 g/mol. The first kappa shape index (κ1) is 15.7. The summed E-state index contributed by atoms with van der Waals surface area (Å²) in [5.74, 6) is 0.640. The van der Waals surface area contributed by atoms with Crippen LogP contribution in [0.1, 0.15) is 33.1 Å². The first-order chi connectivity index (χ1) is 10.4. The number of sulfonamides is 1. The number of halogens is 1. The lowest BCUT2D eigenvalue weighted by molar-refractivity contribution is 0.161. The van der Waals surface area contributed by atoms with Crippen molar-refractivity contribution in [2.45, 2.75) is 50.4 Å². The molecule has 22 heavy (non-hydrogen) atoms. The fourth-order valence-electron chi connectivity index (χ4n) is 3.61. The Labute approximate surface area is 131 Å². The van der Waals surface area contributed by atoms with Crippen molar-refractivity contribution >= 4 is 10.0 Å². The molecule has 2 aliphatic rings. The maximum Gasteiger partial charge on any atom is 0.217 e. The molecule has 2 bridgehead atoms. The first-order valence-electron chi connectivity index (χ1n) is 7.80. The van der Waals surface area contributed by atoms with E-state index in [2.05, 4.69) is 0 Å². The average molecular weight is 327 g/mol. The highest BCUT2D eigenvalue weighted by molar-refractivity contribution is 7.89. The molecule has 1 aliphatic heterocycles. The van der Waals surface area contributed by atoms with Gasteiger partial charge < -0.3 is 4.74 Å². The number of nitrogens with zero attached hydrogens (tertiary/aromatic N) is 1. The molecular weight excluding hydrogens is 305 g/mol. The highest BCUT2D eigenvalue weighted by Crippen LogP contribution is 2.44. The summed E-state index contributed by atoms with van der Waals surface area (Å²) in [6.45, 7) is 3.77. The highest BCUT2D eigenvalue weighted by atomic mass is 32.2.